The second-order valence-electron chi connectivity index (χ2n) is 3.84. The third kappa shape index (κ3) is 4.58. The van der Waals surface area contributed by atoms with Gasteiger partial charge in [0.05, 0.1) is 0 Å². The summed E-state index contributed by atoms with van der Waals surface area (Å²) in [6.45, 7) is 6.48. The van der Waals surface area contributed by atoms with E-state index in [2.05, 4.69) is 24.1 Å². The lowest BCUT2D eigenvalue weighted by atomic mass is 10.2. The van der Waals surface area contributed by atoms with Crippen molar-refractivity contribution in [2.75, 3.05) is 13.1 Å². The van der Waals surface area contributed by atoms with Crippen LogP contribution in [-0.2, 0) is 6.42 Å². The molecule has 1 heterocycles. The summed E-state index contributed by atoms with van der Waals surface area (Å²) in [4.78, 5) is 4.03. The highest BCUT2D eigenvalue weighted by Gasteiger charge is 1.95. The second-order valence-corrected chi connectivity index (χ2v) is 4.22. The van der Waals surface area contributed by atoms with Crippen LogP contribution >= 0.6 is 11.6 Å². The van der Waals surface area contributed by atoms with Crippen LogP contribution in [0.3, 0.4) is 0 Å². The molecule has 78 valence electrons. The van der Waals surface area contributed by atoms with Crippen LogP contribution in [0.1, 0.15) is 19.4 Å². The maximum Gasteiger partial charge on any atom is 0.129 e. The molecule has 1 aromatic heterocycles. The molecule has 1 rings (SSSR count). The molecule has 0 unspecified atom stereocenters. The first kappa shape index (κ1) is 11.5. The lowest BCUT2D eigenvalue weighted by Crippen LogP contribution is -2.22. The number of pyridine rings is 1. The molecule has 0 aliphatic carbocycles. The summed E-state index contributed by atoms with van der Waals surface area (Å²) in [6.07, 6.45) is 2.84. The third-order valence-corrected chi connectivity index (χ3v) is 2.16. The lowest BCUT2D eigenvalue weighted by molar-refractivity contribution is 0.554. The van der Waals surface area contributed by atoms with Crippen LogP contribution in [0, 0.1) is 5.92 Å². The molecular formula is C11H17ClN2. The van der Waals surface area contributed by atoms with Crippen molar-refractivity contribution in [1.29, 1.82) is 0 Å². The van der Waals surface area contributed by atoms with Crippen LogP contribution in [0.5, 0.6) is 0 Å². The summed E-state index contributed by atoms with van der Waals surface area (Å²) in [6, 6.07) is 3.85. The zero-order chi connectivity index (χ0) is 10.4. The minimum absolute atomic E-state index is 0.559. The number of aromatic nitrogens is 1. The summed E-state index contributed by atoms with van der Waals surface area (Å²) in [5.41, 5.74) is 1.23. The first-order valence-corrected chi connectivity index (χ1v) is 5.37. The Morgan fingerprint density at radius 2 is 2.21 bits per heavy atom. The van der Waals surface area contributed by atoms with Gasteiger partial charge in [0.1, 0.15) is 5.15 Å². The Hall–Kier alpha value is -0.600. The van der Waals surface area contributed by atoms with Gasteiger partial charge >= 0.3 is 0 Å². The van der Waals surface area contributed by atoms with Gasteiger partial charge in [-0.1, -0.05) is 31.5 Å². The zero-order valence-electron chi connectivity index (χ0n) is 8.76. The van der Waals surface area contributed by atoms with E-state index in [1.165, 1.54) is 5.56 Å². The van der Waals surface area contributed by atoms with Gasteiger partial charge in [-0.25, -0.2) is 4.98 Å². The molecule has 0 aliphatic heterocycles. The molecule has 0 bridgehead atoms. The average molecular weight is 213 g/mol. The van der Waals surface area contributed by atoms with Crippen LogP contribution in [0.15, 0.2) is 18.3 Å². The molecule has 0 saturated carbocycles. The summed E-state index contributed by atoms with van der Waals surface area (Å²) >= 11 is 5.69. The van der Waals surface area contributed by atoms with Crippen molar-refractivity contribution in [1.82, 2.24) is 10.3 Å². The summed E-state index contributed by atoms with van der Waals surface area (Å²) in [5, 5.41) is 3.95. The highest BCUT2D eigenvalue weighted by atomic mass is 35.5. The molecule has 0 saturated heterocycles. The van der Waals surface area contributed by atoms with E-state index < -0.39 is 0 Å². The molecule has 0 aliphatic rings. The fraction of sp³-hybridized carbons (Fsp3) is 0.545. The Labute approximate surface area is 90.7 Å². The maximum atomic E-state index is 5.69. The molecule has 14 heavy (non-hydrogen) atoms. The van der Waals surface area contributed by atoms with E-state index in [1.807, 2.05) is 18.3 Å². The van der Waals surface area contributed by atoms with Crippen molar-refractivity contribution in [3.63, 3.8) is 0 Å². The smallest absolute Gasteiger partial charge is 0.129 e. The predicted molar refractivity (Wildman–Crippen MR) is 60.7 cm³/mol. The Morgan fingerprint density at radius 1 is 1.43 bits per heavy atom. The molecule has 0 atom stereocenters. The summed E-state index contributed by atoms with van der Waals surface area (Å²) < 4.78 is 0. The van der Waals surface area contributed by atoms with Crippen LogP contribution < -0.4 is 5.32 Å². The highest BCUT2D eigenvalue weighted by Crippen LogP contribution is 2.05. The normalized spacial score (nSPS) is 10.9. The quantitative estimate of drug-likeness (QED) is 0.600. The van der Waals surface area contributed by atoms with Gasteiger partial charge in [-0.15, -0.1) is 0 Å². The minimum atomic E-state index is 0.559. The van der Waals surface area contributed by atoms with Gasteiger partial charge in [0.25, 0.3) is 0 Å². The Balaban J connectivity index is 2.21. The van der Waals surface area contributed by atoms with Crippen molar-refractivity contribution in [2.45, 2.75) is 20.3 Å². The summed E-state index contributed by atoms with van der Waals surface area (Å²) in [7, 11) is 0. The minimum Gasteiger partial charge on any atom is -0.316 e. The highest BCUT2D eigenvalue weighted by molar-refractivity contribution is 6.29. The number of nitrogens with zero attached hydrogens (tertiary/aromatic N) is 1. The fourth-order valence-electron chi connectivity index (χ4n) is 1.18. The first-order valence-electron chi connectivity index (χ1n) is 4.99. The number of hydrogen-bond acceptors (Lipinski definition) is 2. The van der Waals surface area contributed by atoms with E-state index in [9.17, 15) is 0 Å². The topological polar surface area (TPSA) is 24.9 Å². The number of nitrogens with one attached hydrogen (secondary N) is 1. The molecule has 0 aromatic carbocycles. The molecule has 1 aromatic rings. The summed E-state index contributed by atoms with van der Waals surface area (Å²) in [5.74, 6) is 0.707. The molecular weight excluding hydrogens is 196 g/mol. The van der Waals surface area contributed by atoms with E-state index >= 15 is 0 Å². The SMILES string of the molecule is CC(C)CNCCc1ccc(Cl)nc1. The fourth-order valence-corrected chi connectivity index (χ4v) is 1.29. The average Bonchev–Trinajstić information content (AvgIpc) is 2.15. The molecule has 0 fully saturated rings. The Kier molecular flexibility index (Phi) is 4.91. The van der Waals surface area contributed by atoms with Gasteiger partial charge < -0.3 is 5.32 Å². The van der Waals surface area contributed by atoms with Crippen LogP contribution in [0.2, 0.25) is 5.15 Å². The monoisotopic (exact) mass is 212 g/mol. The van der Waals surface area contributed by atoms with Gasteiger partial charge in [-0.2, -0.15) is 0 Å². The zero-order valence-corrected chi connectivity index (χ0v) is 9.51. The molecule has 1 N–H and O–H groups in total. The van der Waals surface area contributed by atoms with E-state index in [0.29, 0.717) is 11.1 Å². The van der Waals surface area contributed by atoms with Crippen molar-refractivity contribution in [3.8, 4) is 0 Å². The van der Waals surface area contributed by atoms with Gasteiger partial charge in [-0.3, -0.25) is 0 Å². The molecule has 0 radical (unpaired) electrons. The van der Waals surface area contributed by atoms with Crippen LogP contribution in [0.25, 0.3) is 0 Å². The lowest BCUT2D eigenvalue weighted by Gasteiger charge is -2.06. The van der Waals surface area contributed by atoms with E-state index in [4.69, 9.17) is 11.6 Å². The van der Waals surface area contributed by atoms with Crippen molar-refractivity contribution in [3.05, 3.63) is 29.0 Å². The van der Waals surface area contributed by atoms with Gasteiger partial charge in [-0.05, 0) is 37.1 Å². The van der Waals surface area contributed by atoms with Gasteiger partial charge in [0, 0.05) is 6.20 Å². The largest absolute Gasteiger partial charge is 0.316 e. The van der Waals surface area contributed by atoms with E-state index in [0.717, 1.165) is 19.5 Å². The van der Waals surface area contributed by atoms with Crippen LogP contribution in [0.4, 0.5) is 0 Å². The number of hydrogen-bond donors (Lipinski definition) is 1. The number of rotatable bonds is 5. The number of halogens is 1. The van der Waals surface area contributed by atoms with Gasteiger partial charge in [0.15, 0.2) is 0 Å². The first-order chi connectivity index (χ1) is 6.68. The predicted octanol–water partition coefficient (Wildman–Crippen LogP) is 2.52. The molecule has 2 nitrogen and oxygen atoms in total. The van der Waals surface area contributed by atoms with Crippen LogP contribution in [-0.4, -0.2) is 18.1 Å². The van der Waals surface area contributed by atoms with E-state index in [-0.39, 0.29) is 0 Å². The third-order valence-electron chi connectivity index (χ3n) is 1.93. The molecule has 0 spiro atoms. The maximum absolute atomic E-state index is 5.69. The Morgan fingerprint density at radius 3 is 2.79 bits per heavy atom. The molecule has 3 heteroatoms. The van der Waals surface area contributed by atoms with Crippen molar-refractivity contribution < 1.29 is 0 Å². The standard InChI is InChI=1S/C11H17ClN2/c1-9(2)7-13-6-5-10-3-4-11(12)14-8-10/h3-4,8-9,13H,5-7H2,1-2H3. The second kappa shape index (κ2) is 5.99. The molecule has 0 amide bonds. The van der Waals surface area contributed by atoms with Crippen molar-refractivity contribution in [2.24, 2.45) is 5.92 Å². The van der Waals surface area contributed by atoms with Crippen molar-refractivity contribution >= 4 is 11.6 Å². The Bertz CT molecular complexity index is 256. The van der Waals surface area contributed by atoms with Gasteiger partial charge in [0.2, 0.25) is 0 Å². The van der Waals surface area contributed by atoms with E-state index in [1.54, 1.807) is 0 Å².